The molecule has 2 aromatic rings. The predicted octanol–water partition coefficient (Wildman–Crippen LogP) is 1.68. The summed E-state index contributed by atoms with van der Waals surface area (Å²) in [4.78, 5) is 22.5. The smallest absolute Gasteiger partial charge is 0.234 e. The molecular weight excluding hydrogens is 399 g/mol. The minimum absolute atomic E-state index is 0.0274. The van der Waals surface area contributed by atoms with Crippen molar-refractivity contribution >= 4 is 23.7 Å². The third kappa shape index (κ3) is 5.33. The topological polar surface area (TPSA) is 102 Å². The van der Waals surface area contributed by atoms with E-state index >= 15 is 0 Å². The van der Waals surface area contributed by atoms with Crippen LogP contribution in [0.1, 0.15) is 18.5 Å². The molecule has 0 amide bonds. The molecule has 0 radical (unpaired) electrons. The minimum atomic E-state index is -0.271. The van der Waals surface area contributed by atoms with Crippen LogP contribution in [0.4, 0.5) is 22.2 Å². The molecule has 1 aromatic carbocycles. The number of aliphatic hydroxyl groups excluding tert-OH is 1. The molecule has 3 N–H and O–H groups in total. The molecule has 1 atom stereocenters. The number of aliphatic hydroxyl groups is 1. The van der Waals surface area contributed by atoms with Crippen molar-refractivity contribution in [1.82, 2.24) is 19.9 Å². The molecule has 2 aliphatic rings. The van der Waals surface area contributed by atoms with Gasteiger partial charge in [-0.2, -0.15) is 15.0 Å². The van der Waals surface area contributed by atoms with Crippen molar-refractivity contribution in [3.8, 4) is 0 Å². The Morgan fingerprint density at radius 3 is 2.45 bits per heavy atom. The van der Waals surface area contributed by atoms with Crippen LogP contribution in [0.5, 0.6) is 0 Å². The molecule has 1 fully saturated rings. The van der Waals surface area contributed by atoms with Gasteiger partial charge in [0, 0.05) is 26.2 Å². The number of amidine groups is 1. The molecule has 1 unspecified atom stereocenters. The van der Waals surface area contributed by atoms with Crippen LogP contribution in [0.25, 0.3) is 0 Å². The number of hydrogen-bond acceptors (Lipinski definition) is 9. The van der Waals surface area contributed by atoms with Crippen molar-refractivity contribution in [1.29, 1.82) is 0 Å². The summed E-state index contributed by atoms with van der Waals surface area (Å²) >= 11 is 0. The number of aromatic nitrogens is 3. The fraction of sp³-hybridized carbons (Fsp3) is 0.429. The molecule has 0 aliphatic carbocycles. The Kier molecular flexibility index (Phi) is 6.38. The number of nitrogens with one attached hydrogen (secondary N) is 2. The second-order valence-electron chi connectivity index (χ2n) is 7.78. The van der Waals surface area contributed by atoms with Gasteiger partial charge in [-0.3, -0.25) is 4.99 Å². The number of piperazine rings is 1. The molecule has 9 nitrogen and oxygen atoms in total. The van der Waals surface area contributed by atoms with Gasteiger partial charge in [0.05, 0.1) is 19.2 Å². The van der Waals surface area contributed by atoms with Gasteiger partial charge in [0.1, 0.15) is 11.7 Å². The summed E-state index contributed by atoms with van der Waals surface area (Å²) in [5, 5.41) is 15.7. The lowest BCUT2D eigenvalue weighted by molar-refractivity contribution is 0.311. The summed E-state index contributed by atoms with van der Waals surface area (Å²) in [6.07, 6.45) is 1.80. The Bertz CT molecular complexity index is 970. The zero-order valence-electron chi connectivity index (χ0n) is 17.7. The van der Waals surface area contributed by atoms with Crippen molar-refractivity contribution in [2.45, 2.75) is 13.0 Å². The highest BCUT2D eigenvalue weighted by molar-refractivity contribution is 6.04. The lowest BCUT2D eigenvalue weighted by atomic mass is 10.1. The van der Waals surface area contributed by atoms with Gasteiger partial charge in [-0.1, -0.05) is 12.1 Å². The highest BCUT2D eigenvalue weighted by Crippen LogP contribution is 2.21. The normalized spacial score (nSPS) is 17.9. The van der Waals surface area contributed by atoms with Gasteiger partial charge in [-0.25, -0.2) is 4.39 Å². The van der Waals surface area contributed by atoms with Crippen LogP contribution in [0.15, 0.2) is 40.9 Å². The largest absolute Gasteiger partial charge is 0.392 e. The van der Waals surface area contributed by atoms with E-state index in [-0.39, 0.29) is 18.5 Å². The number of aliphatic imine (C=N–C) groups is 1. The van der Waals surface area contributed by atoms with E-state index in [1.54, 1.807) is 18.2 Å². The average Bonchev–Trinajstić information content (AvgIpc) is 3.22. The summed E-state index contributed by atoms with van der Waals surface area (Å²) < 4.78 is 13.3. The van der Waals surface area contributed by atoms with Gasteiger partial charge in [-0.05, 0) is 43.3 Å². The average molecular weight is 427 g/mol. The fourth-order valence-electron chi connectivity index (χ4n) is 3.42. The first-order valence-corrected chi connectivity index (χ1v) is 10.3. The predicted molar refractivity (Wildman–Crippen MR) is 119 cm³/mol. The van der Waals surface area contributed by atoms with Crippen LogP contribution in [-0.2, 0) is 0 Å². The van der Waals surface area contributed by atoms with Gasteiger partial charge < -0.3 is 25.5 Å². The van der Waals surface area contributed by atoms with E-state index in [1.165, 1.54) is 12.1 Å². The Labute approximate surface area is 180 Å². The van der Waals surface area contributed by atoms with Gasteiger partial charge in [0.25, 0.3) is 0 Å². The van der Waals surface area contributed by atoms with Crippen LogP contribution >= 0.6 is 0 Å². The van der Waals surface area contributed by atoms with Crippen LogP contribution in [0, 0.1) is 5.82 Å². The summed E-state index contributed by atoms with van der Waals surface area (Å²) in [6.45, 7) is 5.90. The van der Waals surface area contributed by atoms with E-state index in [0.29, 0.717) is 30.2 Å². The van der Waals surface area contributed by atoms with Crippen LogP contribution < -0.4 is 15.5 Å². The van der Waals surface area contributed by atoms with Gasteiger partial charge >= 0.3 is 0 Å². The number of benzene rings is 1. The SMILES string of the molecule is CC(Nc1nc(NC2=NCC(CO)=C2)nc(N2CCN(C)CC2)n1)c1ccc(F)cc1. The second kappa shape index (κ2) is 9.36. The van der Waals surface area contributed by atoms with Crippen molar-refractivity contribution in [2.75, 3.05) is 61.9 Å². The molecule has 10 heteroatoms. The molecular formula is C21H27FN8O. The third-order valence-corrected chi connectivity index (χ3v) is 5.36. The zero-order valence-corrected chi connectivity index (χ0v) is 17.7. The maximum Gasteiger partial charge on any atom is 0.234 e. The molecule has 164 valence electrons. The molecule has 1 aromatic heterocycles. The Hall–Kier alpha value is -3.11. The molecule has 31 heavy (non-hydrogen) atoms. The number of halogens is 1. The number of nitrogens with zero attached hydrogens (tertiary/aromatic N) is 6. The Morgan fingerprint density at radius 1 is 1.06 bits per heavy atom. The van der Waals surface area contributed by atoms with Crippen molar-refractivity contribution in [3.63, 3.8) is 0 Å². The number of likely N-dealkylation sites (N-methyl/N-ethyl adjacent to an activating group) is 1. The number of hydrogen-bond donors (Lipinski definition) is 3. The summed E-state index contributed by atoms with van der Waals surface area (Å²) in [5.74, 6) is 1.73. The minimum Gasteiger partial charge on any atom is -0.392 e. The van der Waals surface area contributed by atoms with E-state index in [4.69, 9.17) is 0 Å². The quantitative estimate of drug-likeness (QED) is 0.641. The van der Waals surface area contributed by atoms with Gasteiger partial charge in [0.15, 0.2) is 0 Å². The highest BCUT2D eigenvalue weighted by atomic mass is 19.1. The summed E-state index contributed by atoms with van der Waals surface area (Å²) in [5.41, 5.74) is 1.76. The molecule has 2 aliphatic heterocycles. The first kappa shape index (κ1) is 21.1. The monoisotopic (exact) mass is 426 g/mol. The molecule has 4 rings (SSSR count). The lowest BCUT2D eigenvalue weighted by Crippen LogP contribution is -2.45. The first-order chi connectivity index (χ1) is 15.0. The van der Waals surface area contributed by atoms with E-state index in [2.05, 4.69) is 47.4 Å². The van der Waals surface area contributed by atoms with E-state index in [0.717, 1.165) is 37.3 Å². The maximum absolute atomic E-state index is 13.3. The zero-order chi connectivity index (χ0) is 21.8. The molecule has 0 saturated carbocycles. The van der Waals surface area contributed by atoms with Crippen molar-refractivity contribution in [3.05, 3.63) is 47.3 Å². The van der Waals surface area contributed by atoms with E-state index in [9.17, 15) is 9.50 Å². The second-order valence-corrected chi connectivity index (χ2v) is 7.78. The van der Waals surface area contributed by atoms with E-state index < -0.39 is 0 Å². The van der Waals surface area contributed by atoms with Crippen LogP contribution in [0.2, 0.25) is 0 Å². The first-order valence-electron chi connectivity index (χ1n) is 10.3. The molecule has 0 spiro atoms. The van der Waals surface area contributed by atoms with Gasteiger partial charge in [0.2, 0.25) is 17.8 Å². The molecule has 3 heterocycles. The summed E-state index contributed by atoms with van der Waals surface area (Å²) in [6, 6.07) is 6.23. The van der Waals surface area contributed by atoms with Crippen LogP contribution in [0.3, 0.4) is 0 Å². The standard InChI is InChI=1S/C21H27FN8O/c1-14(16-3-5-17(22)6-4-16)24-19-26-20(25-18-11-15(13-31)12-23-18)28-21(27-19)30-9-7-29(2)8-10-30/h3-6,11,14,31H,7-10,12-13H2,1-2H3,(H2,23,24,25,26,27,28). The number of rotatable bonds is 6. The maximum atomic E-state index is 13.3. The van der Waals surface area contributed by atoms with Crippen molar-refractivity contribution < 1.29 is 9.50 Å². The molecule has 1 saturated heterocycles. The highest BCUT2D eigenvalue weighted by Gasteiger charge is 2.20. The summed E-state index contributed by atoms with van der Waals surface area (Å²) in [7, 11) is 2.10. The fourth-order valence-corrected chi connectivity index (χ4v) is 3.42. The number of anilines is 3. The third-order valence-electron chi connectivity index (χ3n) is 5.36. The Balaban J connectivity index is 1.57. The molecule has 0 bridgehead atoms. The van der Waals surface area contributed by atoms with Gasteiger partial charge in [-0.15, -0.1) is 0 Å². The Morgan fingerprint density at radius 2 is 1.77 bits per heavy atom. The van der Waals surface area contributed by atoms with E-state index in [1.807, 2.05) is 6.92 Å². The van der Waals surface area contributed by atoms with Crippen LogP contribution in [-0.4, -0.2) is 77.2 Å². The lowest BCUT2D eigenvalue weighted by Gasteiger charge is -2.32. The van der Waals surface area contributed by atoms with Crippen molar-refractivity contribution in [2.24, 2.45) is 4.99 Å².